The quantitative estimate of drug-likeness (QED) is 0.589. The third-order valence-corrected chi connectivity index (χ3v) is 6.25. The summed E-state index contributed by atoms with van der Waals surface area (Å²) in [6, 6.07) is 5.63. The van der Waals surface area contributed by atoms with Crippen LogP contribution < -0.4 is 10.1 Å². The number of amides is 1. The summed E-state index contributed by atoms with van der Waals surface area (Å²) in [6.45, 7) is 4.10. The Labute approximate surface area is 180 Å². The summed E-state index contributed by atoms with van der Waals surface area (Å²) in [4.78, 5) is 20.5. The van der Waals surface area contributed by atoms with E-state index in [1.807, 2.05) is 25.1 Å². The second-order valence-corrected chi connectivity index (χ2v) is 8.90. The van der Waals surface area contributed by atoms with Crippen LogP contribution in [0, 0.1) is 5.92 Å². The van der Waals surface area contributed by atoms with Crippen molar-refractivity contribution in [3.8, 4) is 5.75 Å². The lowest BCUT2D eigenvalue weighted by molar-refractivity contribution is -0.119. The molecule has 31 heavy (non-hydrogen) atoms. The third-order valence-electron chi connectivity index (χ3n) is 6.25. The molecule has 2 heterocycles. The van der Waals surface area contributed by atoms with Crippen LogP contribution in [0.3, 0.4) is 0 Å². The van der Waals surface area contributed by atoms with Crippen molar-refractivity contribution in [2.45, 2.75) is 70.3 Å². The summed E-state index contributed by atoms with van der Waals surface area (Å²) in [5, 5.41) is 6.93. The molecule has 0 bridgehead atoms. The number of nitrogens with one attached hydrogen (secondary N) is 1. The maximum atomic E-state index is 11.2. The van der Waals surface area contributed by atoms with Crippen LogP contribution in [0.5, 0.6) is 5.75 Å². The zero-order chi connectivity index (χ0) is 21.4. The molecule has 0 aliphatic heterocycles. The molecule has 2 fully saturated rings. The number of carbonyl (C=O) groups excluding carboxylic acids is 1. The molecule has 0 spiro atoms. The average molecular weight is 425 g/mol. The predicted octanol–water partition coefficient (Wildman–Crippen LogP) is 4.64. The summed E-state index contributed by atoms with van der Waals surface area (Å²) >= 11 is 0. The van der Waals surface area contributed by atoms with Crippen molar-refractivity contribution in [1.82, 2.24) is 20.4 Å². The van der Waals surface area contributed by atoms with Crippen molar-refractivity contribution in [1.29, 1.82) is 0 Å². The summed E-state index contributed by atoms with van der Waals surface area (Å²) in [5.41, 5.74) is 1.67. The van der Waals surface area contributed by atoms with E-state index in [1.165, 1.54) is 19.8 Å². The lowest BCUT2D eigenvalue weighted by Crippen LogP contribution is -2.23. The fourth-order valence-corrected chi connectivity index (χ4v) is 4.24. The van der Waals surface area contributed by atoms with Crippen LogP contribution in [0.25, 0.3) is 11.1 Å². The molecule has 0 unspecified atom stereocenters. The van der Waals surface area contributed by atoms with Crippen molar-refractivity contribution >= 4 is 17.0 Å². The van der Waals surface area contributed by atoms with Gasteiger partial charge in [0.1, 0.15) is 17.3 Å². The third kappa shape index (κ3) is 4.57. The monoisotopic (exact) mass is 424 g/mol. The highest BCUT2D eigenvalue weighted by molar-refractivity contribution is 5.74. The van der Waals surface area contributed by atoms with Gasteiger partial charge in [-0.1, -0.05) is 5.16 Å². The Balaban J connectivity index is 1.20. The van der Waals surface area contributed by atoms with E-state index in [4.69, 9.17) is 18.7 Å². The van der Waals surface area contributed by atoms with E-state index in [-0.39, 0.29) is 17.9 Å². The van der Waals surface area contributed by atoms with E-state index in [0.29, 0.717) is 11.8 Å². The second-order valence-electron chi connectivity index (χ2n) is 8.90. The molecule has 1 atom stereocenters. The second kappa shape index (κ2) is 8.32. The molecule has 0 saturated heterocycles. The molecule has 8 nitrogen and oxygen atoms in total. The van der Waals surface area contributed by atoms with Crippen LogP contribution in [0.2, 0.25) is 0 Å². The first-order valence-electron chi connectivity index (χ1n) is 11.2. The number of rotatable bonds is 7. The average Bonchev–Trinajstić information content (AvgIpc) is 3.29. The van der Waals surface area contributed by atoms with Crippen molar-refractivity contribution in [3.05, 3.63) is 35.8 Å². The first-order valence-corrected chi connectivity index (χ1v) is 11.2. The summed E-state index contributed by atoms with van der Waals surface area (Å²) in [7, 11) is 0. The van der Waals surface area contributed by atoms with Crippen molar-refractivity contribution < 1.29 is 18.5 Å². The lowest BCUT2D eigenvalue weighted by atomic mass is 9.81. The minimum absolute atomic E-state index is 0.118. The number of ether oxygens (including phenoxy) is 1. The molecule has 2 aliphatic rings. The Kier molecular flexibility index (Phi) is 5.38. The van der Waals surface area contributed by atoms with Crippen LogP contribution in [-0.2, 0) is 4.79 Å². The predicted molar refractivity (Wildman–Crippen MR) is 113 cm³/mol. The Morgan fingerprint density at radius 3 is 2.68 bits per heavy atom. The highest BCUT2D eigenvalue weighted by atomic mass is 16.5. The smallest absolute Gasteiger partial charge is 0.248 e. The molecule has 164 valence electrons. The molecule has 2 aliphatic carbocycles. The molecule has 5 rings (SSSR count). The summed E-state index contributed by atoms with van der Waals surface area (Å²) < 4.78 is 17.3. The summed E-state index contributed by atoms with van der Waals surface area (Å²) in [5.74, 6) is 3.99. The van der Waals surface area contributed by atoms with E-state index in [9.17, 15) is 4.79 Å². The van der Waals surface area contributed by atoms with E-state index in [1.54, 1.807) is 0 Å². The molecular weight excluding hydrogens is 396 g/mol. The topological polar surface area (TPSA) is 103 Å². The number of hydrogen-bond acceptors (Lipinski definition) is 7. The van der Waals surface area contributed by atoms with E-state index < -0.39 is 0 Å². The highest BCUT2D eigenvalue weighted by Crippen LogP contribution is 2.40. The van der Waals surface area contributed by atoms with Crippen LogP contribution in [0.15, 0.2) is 27.1 Å². The molecule has 1 N–H and O–H groups in total. The van der Waals surface area contributed by atoms with Gasteiger partial charge in [-0.2, -0.15) is 4.98 Å². The van der Waals surface area contributed by atoms with Crippen molar-refractivity contribution in [3.63, 3.8) is 0 Å². The van der Waals surface area contributed by atoms with Crippen LogP contribution in [0.1, 0.15) is 87.9 Å². The van der Waals surface area contributed by atoms with Gasteiger partial charge < -0.3 is 19.0 Å². The van der Waals surface area contributed by atoms with Gasteiger partial charge in [0.15, 0.2) is 17.3 Å². The van der Waals surface area contributed by atoms with Gasteiger partial charge in [-0.05, 0) is 63.5 Å². The number of nitrogens with zero attached hydrogens (tertiary/aromatic N) is 3. The lowest BCUT2D eigenvalue weighted by Gasteiger charge is -2.24. The van der Waals surface area contributed by atoms with Gasteiger partial charge in [0, 0.05) is 24.8 Å². The zero-order valence-electron chi connectivity index (χ0n) is 18.0. The Morgan fingerprint density at radius 1 is 1.16 bits per heavy atom. The fraction of sp³-hybridized carbons (Fsp3) is 0.565. The van der Waals surface area contributed by atoms with Gasteiger partial charge >= 0.3 is 0 Å². The van der Waals surface area contributed by atoms with Crippen molar-refractivity contribution in [2.75, 3.05) is 6.61 Å². The van der Waals surface area contributed by atoms with E-state index in [0.717, 1.165) is 66.8 Å². The van der Waals surface area contributed by atoms with Gasteiger partial charge in [-0.15, -0.1) is 0 Å². The molecule has 2 saturated carbocycles. The number of oxazole rings is 1. The van der Waals surface area contributed by atoms with Gasteiger partial charge in [0.25, 0.3) is 0 Å². The number of benzene rings is 1. The molecule has 3 aromatic rings. The zero-order valence-corrected chi connectivity index (χ0v) is 18.0. The van der Waals surface area contributed by atoms with Crippen molar-refractivity contribution in [2.24, 2.45) is 5.92 Å². The molecule has 1 aromatic carbocycles. The number of hydrogen-bond donors (Lipinski definition) is 1. The largest absolute Gasteiger partial charge is 0.493 e. The first-order chi connectivity index (χ1) is 15.0. The van der Waals surface area contributed by atoms with Crippen LogP contribution >= 0.6 is 0 Å². The van der Waals surface area contributed by atoms with E-state index >= 15 is 0 Å². The number of fused-ring (bicyclic) bond motifs is 1. The Hall–Kier alpha value is -2.90. The van der Waals surface area contributed by atoms with Crippen LogP contribution in [-0.4, -0.2) is 27.6 Å². The minimum Gasteiger partial charge on any atom is -0.493 e. The van der Waals surface area contributed by atoms with Gasteiger partial charge in [0.2, 0.25) is 11.8 Å². The summed E-state index contributed by atoms with van der Waals surface area (Å²) in [6.07, 6.45) is 6.38. The molecule has 2 aromatic heterocycles. The highest BCUT2D eigenvalue weighted by Gasteiger charge is 2.30. The normalized spacial score (nSPS) is 22.4. The van der Waals surface area contributed by atoms with E-state index in [2.05, 4.69) is 15.5 Å². The first kappa shape index (κ1) is 20.0. The molecular formula is C23H28N4O4. The van der Waals surface area contributed by atoms with Gasteiger partial charge in [-0.3, -0.25) is 4.79 Å². The Morgan fingerprint density at radius 2 is 1.94 bits per heavy atom. The Bertz CT molecular complexity index is 1060. The minimum atomic E-state index is -0.284. The maximum Gasteiger partial charge on any atom is 0.248 e. The fourth-order valence-electron chi connectivity index (χ4n) is 4.24. The van der Waals surface area contributed by atoms with Crippen LogP contribution in [0.4, 0.5) is 0 Å². The molecule has 8 heteroatoms. The van der Waals surface area contributed by atoms with Gasteiger partial charge in [-0.25, -0.2) is 4.98 Å². The van der Waals surface area contributed by atoms with Gasteiger partial charge in [0.05, 0.1) is 6.61 Å². The SMILES string of the molecule is CC(=O)N[C@@H](C)c1nc(C2CCC(c3nc4ccc(OCC5CC5)cc4o3)CC2)no1. The number of aromatic nitrogens is 3. The number of carbonyl (C=O) groups is 1. The molecule has 0 radical (unpaired) electrons. The maximum absolute atomic E-state index is 11.2. The molecule has 1 amide bonds. The standard InChI is InChI=1S/C23H28N4O4/c1-13(24-14(2)28)22-26-21(27-31-22)16-5-7-17(8-6-16)23-25-19-10-9-18(11-20(19)30-23)29-12-15-3-4-15/h9-11,13,15-17H,3-8,12H2,1-2H3,(H,24,28)/t13-,16?,17?/m0/s1.